The van der Waals surface area contributed by atoms with Crippen molar-refractivity contribution in [3.8, 4) is 0 Å². The van der Waals surface area contributed by atoms with Crippen molar-refractivity contribution in [2.75, 3.05) is 19.6 Å². The van der Waals surface area contributed by atoms with Gasteiger partial charge in [-0.2, -0.15) is 0 Å². The van der Waals surface area contributed by atoms with Crippen LogP contribution in [0.3, 0.4) is 0 Å². The van der Waals surface area contributed by atoms with Crippen LogP contribution in [0.25, 0.3) is 0 Å². The Morgan fingerprint density at radius 1 is 1.70 bits per heavy atom. The normalized spacial score (nSPS) is 28.3. The van der Waals surface area contributed by atoms with Crippen LogP contribution in [0.5, 0.6) is 0 Å². The second kappa shape index (κ2) is 3.20. The van der Waals surface area contributed by atoms with Gasteiger partial charge in [-0.15, -0.1) is 0 Å². The van der Waals surface area contributed by atoms with Crippen LogP contribution in [-0.4, -0.2) is 24.5 Å². The molecular weight excluding hydrogens is 122 g/mol. The first-order valence-corrected chi connectivity index (χ1v) is 4.13. The monoisotopic (exact) mass is 139 g/mol. The van der Waals surface area contributed by atoms with Crippen LogP contribution in [0, 0.1) is 5.92 Å². The van der Waals surface area contributed by atoms with Crippen LogP contribution >= 0.6 is 0 Å². The van der Waals surface area contributed by atoms with Gasteiger partial charge in [-0.1, -0.05) is 25.5 Å². The van der Waals surface area contributed by atoms with E-state index in [0.717, 1.165) is 12.5 Å². The summed E-state index contributed by atoms with van der Waals surface area (Å²) in [6.07, 6.45) is 2.34. The standard InChI is InChI=1S/C9H17N/c1-4-10-6-5-8(2)9(3)7-10/h5,9H,4,6-7H2,1-3H3/t9-/m0/s1. The van der Waals surface area contributed by atoms with E-state index in [2.05, 4.69) is 31.7 Å². The number of hydrogen-bond acceptors (Lipinski definition) is 1. The van der Waals surface area contributed by atoms with Gasteiger partial charge in [0.05, 0.1) is 0 Å². The van der Waals surface area contributed by atoms with E-state index in [4.69, 9.17) is 0 Å². The van der Waals surface area contributed by atoms with Crippen molar-refractivity contribution in [1.82, 2.24) is 4.90 Å². The zero-order valence-corrected chi connectivity index (χ0v) is 7.22. The molecule has 1 heterocycles. The lowest BCUT2D eigenvalue weighted by Gasteiger charge is -2.28. The summed E-state index contributed by atoms with van der Waals surface area (Å²) in [7, 11) is 0. The highest BCUT2D eigenvalue weighted by Gasteiger charge is 2.13. The molecule has 0 fully saturated rings. The summed E-state index contributed by atoms with van der Waals surface area (Å²) < 4.78 is 0. The minimum absolute atomic E-state index is 0.772. The molecule has 0 amide bonds. The zero-order chi connectivity index (χ0) is 7.56. The van der Waals surface area contributed by atoms with E-state index >= 15 is 0 Å². The van der Waals surface area contributed by atoms with Gasteiger partial charge in [0.2, 0.25) is 0 Å². The molecule has 0 radical (unpaired) electrons. The Kier molecular flexibility index (Phi) is 2.50. The van der Waals surface area contributed by atoms with Gasteiger partial charge in [0.15, 0.2) is 0 Å². The molecule has 1 nitrogen and oxygen atoms in total. The van der Waals surface area contributed by atoms with E-state index < -0.39 is 0 Å². The van der Waals surface area contributed by atoms with E-state index in [0.29, 0.717) is 0 Å². The summed E-state index contributed by atoms with van der Waals surface area (Å²) in [6, 6.07) is 0. The number of likely N-dealkylation sites (N-methyl/N-ethyl adjacent to an activating group) is 1. The molecule has 0 N–H and O–H groups in total. The third-order valence-electron chi connectivity index (χ3n) is 2.43. The SMILES string of the molecule is CCN1CC=C(C)[C@@H](C)C1. The molecule has 0 aliphatic carbocycles. The highest BCUT2D eigenvalue weighted by molar-refractivity contribution is 5.07. The van der Waals surface area contributed by atoms with Gasteiger partial charge in [0, 0.05) is 13.1 Å². The van der Waals surface area contributed by atoms with Crippen LogP contribution in [0.4, 0.5) is 0 Å². The van der Waals surface area contributed by atoms with Gasteiger partial charge in [-0.3, -0.25) is 4.90 Å². The summed E-state index contributed by atoms with van der Waals surface area (Å²) >= 11 is 0. The molecule has 10 heavy (non-hydrogen) atoms. The first-order valence-electron chi connectivity index (χ1n) is 4.13. The van der Waals surface area contributed by atoms with Crippen LogP contribution in [0.15, 0.2) is 11.6 Å². The molecule has 58 valence electrons. The first kappa shape index (κ1) is 7.80. The van der Waals surface area contributed by atoms with E-state index in [1.165, 1.54) is 13.1 Å². The second-order valence-electron chi connectivity index (χ2n) is 3.20. The predicted octanol–water partition coefficient (Wildman–Crippen LogP) is 1.90. The maximum atomic E-state index is 2.47. The van der Waals surface area contributed by atoms with Crippen molar-refractivity contribution in [2.24, 2.45) is 5.92 Å². The van der Waals surface area contributed by atoms with E-state index in [-0.39, 0.29) is 0 Å². The first-order chi connectivity index (χ1) is 4.74. The molecule has 0 aromatic rings. The highest BCUT2D eigenvalue weighted by atomic mass is 15.1. The molecule has 1 aliphatic heterocycles. The van der Waals surface area contributed by atoms with Gasteiger partial charge in [0.1, 0.15) is 0 Å². The fourth-order valence-corrected chi connectivity index (χ4v) is 1.34. The third kappa shape index (κ3) is 1.60. The van der Waals surface area contributed by atoms with Crippen molar-refractivity contribution < 1.29 is 0 Å². The van der Waals surface area contributed by atoms with E-state index in [1.54, 1.807) is 5.57 Å². The molecule has 0 aromatic heterocycles. The number of rotatable bonds is 1. The highest BCUT2D eigenvalue weighted by Crippen LogP contribution is 2.15. The maximum Gasteiger partial charge on any atom is 0.0165 e. The summed E-state index contributed by atoms with van der Waals surface area (Å²) in [4.78, 5) is 2.47. The van der Waals surface area contributed by atoms with Crippen LogP contribution in [0.2, 0.25) is 0 Å². The Morgan fingerprint density at radius 2 is 2.40 bits per heavy atom. The average molecular weight is 139 g/mol. The molecule has 1 heteroatoms. The summed E-state index contributed by atoms with van der Waals surface area (Å²) in [6.45, 7) is 10.4. The fourth-order valence-electron chi connectivity index (χ4n) is 1.34. The van der Waals surface area contributed by atoms with Gasteiger partial charge >= 0.3 is 0 Å². The predicted molar refractivity (Wildman–Crippen MR) is 45.0 cm³/mol. The topological polar surface area (TPSA) is 3.24 Å². The lowest BCUT2D eigenvalue weighted by molar-refractivity contribution is 0.272. The molecule has 0 bridgehead atoms. The molecule has 0 aromatic carbocycles. The smallest absolute Gasteiger partial charge is 0.0165 e. The van der Waals surface area contributed by atoms with Gasteiger partial charge in [0.25, 0.3) is 0 Å². The maximum absolute atomic E-state index is 2.47. The van der Waals surface area contributed by atoms with Gasteiger partial charge in [-0.05, 0) is 19.4 Å². The average Bonchev–Trinajstić information content (AvgIpc) is 1.95. The van der Waals surface area contributed by atoms with Crippen molar-refractivity contribution in [3.05, 3.63) is 11.6 Å². The Labute approximate surface area is 63.7 Å². The van der Waals surface area contributed by atoms with Crippen LogP contribution in [0.1, 0.15) is 20.8 Å². The van der Waals surface area contributed by atoms with Crippen LogP contribution in [-0.2, 0) is 0 Å². The quantitative estimate of drug-likeness (QED) is 0.501. The van der Waals surface area contributed by atoms with Crippen molar-refractivity contribution in [2.45, 2.75) is 20.8 Å². The zero-order valence-electron chi connectivity index (χ0n) is 7.22. The minimum atomic E-state index is 0.772. The third-order valence-corrected chi connectivity index (χ3v) is 2.43. The molecule has 0 spiro atoms. The Bertz CT molecular complexity index is 138. The lowest BCUT2D eigenvalue weighted by Crippen LogP contribution is -2.32. The number of nitrogens with zero attached hydrogens (tertiary/aromatic N) is 1. The Balaban J connectivity index is 2.51. The van der Waals surface area contributed by atoms with Gasteiger partial charge in [-0.25, -0.2) is 0 Å². The Morgan fingerprint density at radius 3 is 2.90 bits per heavy atom. The largest absolute Gasteiger partial charge is 0.299 e. The van der Waals surface area contributed by atoms with E-state index in [1.807, 2.05) is 0 Å². The van der Waals surface area contributed by atoms with Crippen molar-refractivity contribution in [3.63, 3.8) is 0 Å². The fraction of sp³-hybridized carbons (Fsp3) is 0.778. The molecule has 1 rings (SSSR count). The van der Waals surface area contributed by atoms with Crippen molar-refractivity contribution in [1.29, 1.82) is 0 Å². The van der Waals surface area contributed by atoms with Gasteiger partial charge < -0.3 is 0 Å². The van der Waals surface area contributed by atoms with Crippen LogP contribution < -0.4 is 0 Å². The van der Waals surface area contributed by atoms with E-state index in [9.17, 15) is 0 Å². The summed E-state index contributed by atoms with van der Waals surface area (Å²) in [5, 5.41) is 0. The molecule has 0 saturated carbocycles. The molecule has 0 saturated heterocycles. The second-order valence-corrected chi connectivity index (χ2v) is 3.20. The lowest BCUT2D eigenvalue weighted by atomic mass is 9.98. The molecular formula is C9H17N. The minimum Gasteiger partial charge on any atom is -0.299 e. The molecule has 1 aliphatic rings. The molecule has 1 atom stereocenters. The number of hydrogen-bond donors (Lipinski definition) is 0. The molecule has 0 unspecified atom stereocenters. The van der Waals surface area contributed by atoms with Crippen molar-refractivity contribution >= 4 is 0 Å². The summed E-state index contributed by atoms with van der Waals surface area (Å²) in [5.74, 6) is 0.772. The Hall–Kier alpha value is -0.300. The summed E-state index contributed by atoms with van der Waals surface area (Å²) in [5.41, 5.74) is 1.56.